The zero-order valence-corrected chi connectivity index (χ0v) is 16.9. The molecule has 1 aliphatic rings. The van der Waals surface area contributed by atoms with Gasteiger partial charge in [0.1, 0.15) is 10.7 Å². The van der Waals surface area contributed by atoms with E-state index in [1.807, 2.05) is 13.0 Å². The van der Waals surface area contributed by atoms with Crippen molar-refractivity contribution in [1.82, 2.24) is 14.6 Å². The van der Waals surface area contributed by atoms with Crippen LogP contribution in [0.1, 0.15) is 15.9 Å². The molecule has 0 saturated carbocycles. The summed E-state index contributed by atoms with van der Waals surface area (Å²) in [7, 11) is 0. The summed E-state index contributed by atoms with van der Waals surface area (Å²) in [6.45, 7) is 5.09. The van der Waals surface area contributed by atoms with Gasteiger partial charge in [-0.25, -0.2) is 9.50 Å². The summed E-state index contributed by atoms with van der Waals surface area (Å²) < 4.78 is 7.86. The molecule has 4 rings (SSSR count). The van der Waals surface area contributed by atoms with Crippen molar-refractivity contribution >= 4 is 50.5 Å². The van der Waals surface area contributed by atoms with Crippen molar-refractivity contribution in [3.8, 4) is 0 Å². The van der Waals surface area contributed by atoms with Crippen molar-refractivity contribution in [1.29, 1.82) is 0 Å². The Morgan fingerprint density at radius 2 is 2.11 bits per heavy atom. The topological polar surface area (TPSA) is 71.8 Å². The number of anilines is 2. The number of hydrogen-bond acceptors (Lipinski definition) is 5. The van der Waals surface area contributed by atoms with E-state index in [1.165, 1.54) is 10.7 Å². The van der Waals surface area contributed by atoms with Gasteiger partial charge in [-0.2, -0.15) is 5.10 Å². The molecule has 3 heterocycles. The number of benzene rings is 1. The first-order valence-electron chi connectivity index (χ1n) is 8.47. The maximum atomic E-state index is 12.8. The third-order valence-electron chi connectivity index (χ3n) is 4.47. The number of halogens is 2. The molecule has 3 aromatic rings. The number of hydrogen-bond donors (Lipinski definition) is 1. The lowest BCUT2D eigenvalue weighted by molar-refractivity contribution is 0.102. The highest BCUT2D eigenvalue weighted by atomic mass is 79.9. The number of nitrogens with zero attached hydrogens (tertiary/aromatic N) is 4. The molecule has 140 valence electrons. The van der Waals surface area contributed by atoms with Crippen molar-refractivity contribution in [3.63, 3.8) is 0 Å². The molecule has 1 fully saturated rings. The molecule has 27 heavy (non-hydrogen) atoms. The van der Waals surface area contributed by atoms with E-state index in [2.05, 4.69) is 42.3 Å². The third-order valence-corrected chi connectivity index (χ3v) is 5.32. The zero-order chi connectivity index (χ0) is 19.0. The van der Waals surface area contributed by atoms with Crippen LogP contribution < -0.4 is 10.2 Å². The molecule has 1 amide bonds. The van der Waals surface area contributed by atoms with Gasteiger partial charge in [0.25, 0.3) is 5.91 Å². The summed E-state index contributed by atoms with van der Waals surface area (Å²) in [6.07, 6.45) is 3.15. The molecule has 0 spiro atoms. The van der Waals surface area contributed by atoms with Crippen LogP contribution in [0.25, 0.3) is 5.65 Å². The van der Waals surface area contributed by atoms with E-state index < -0.39 is 0 Å². The maximum Gasteiger partial charge on any atom is 0.261 e. The Morgan fingerprint density at radius 1 is 1.33 bits per heavy atom. The fourth-order valence-corrected chi connectivity index (χ4v) is 3.77. The van der Waals surface area contributed by atoms with Crippen LogP contribution in [-0.2, 0) is 4.74 Å². The van der Waals surface area contributed by atoms with Crippen LogP contribution in [0, 0.1) is 6.92 Å². The molecular weight excluding hydrogens is 434 g/mol. The van der Waals surface area contributed by atoms with Gasteiger partial charge in [-0.1, -0.05) is 11.6 Å². The Balaban J connectivity index is 1.61. The fourth-order valence-electron chi connectivity index (χ4n) is 3.04. The molecule has 0 unspecified atom stereocenters. The van der Waals surface area contributed by atoms with Crippen LogP contribution in [0.15, 0.2) is 35.1 Å². The van der Waals surface area contributed by atoms with Gasteiger partial charge < -0.3 is 15.0 Å². The monoisotopic (exact) mass is 449 g/mol. The van der Waals surface area contributed by atoms with E-state index in [0.29, 0.717) is 29.6 Å². The number of fused-ring (bicyclic) bond motifs is 1. The number of aryl methyl sites for hydroxylation is 1. The second-order valence-corrected chi connectivity index (χ2v) is 7.49. The van der Waals surface area contributed by atoms with Gasteiger partial charge in [0.2, 0.25) is 0 Å². The standard InChI is InChI=1S/C18H17BrClN5O2/c1-11-8-15(24-4-6-27-7-5-24)13(19)9-14(11)22-18(26)12-10-21-25-3-2-16(20)23-17(12)25/h2-3,8-10H,4-7H2,1H3,(H,22,26). The molecule has 0 radical (unpaired) electrons. The highest BCUT2D eigenvalue weighted by Crippen LogP contribution is 2.33. The van der Waals surface area contributed by atoms with Crippen LogP contribution in [0.5, 0.6) is 0 Å². The van der Waals surface area contributed by atoms with Crippen LogP contribution in [0.2, 0.25) is 5.15 Å². The van der Waals surface area contributed by atoms with Crippen molar-refractivity contribution in [3.05, 3.63) is 51.3 Å². The Morgan fingerprint density at radius 3 is 2.89 bits per heavy atom. The van der Waals surface area contributed by atoms with Gasteiger partial charge in [0.05, 0.1) is 25.1 Å². The number of carbonyl (C=O) groups excluding carboxylic acids is 1. The van der Waals surface area contributed by atoms with Crippen molar-refractivity contribution < 1.29 is 9.53 Å². The Hall–Kier alpha value is -2.16. The maximum absolute atomic E-state index is 12.8. The second-order valence-electron chi connectivity index (χ2n) is 6.25. The predicted molar refractivity (Wildman–Crippen MR) is 108 cm³/mol. The van der Waals surface area contributed by atoms with E-state index in [0.717, 1.165) is 34.5 Å². The number of aromatic nitrogens is 3. The highest BCUT2D eigenvalue weighted by Gasteiger charge is 2.19. The van der Waals surface area contributed by atoms with E-state index in [-0.39, 0.29) is 5.91 Å². The number of amides is 1. The summed E-state index contributed by atoms with van der Waals surface area (Å²) in [6, 6.07) is 5.61. The van der Waals surface area contributed by atoms with Gasteiger partial charge in [0, 0.05) is 29.4 Å². The van der Waals surface area contributed by atoms with Gasteiger partial charge >= 0.3 is 0 Å². The van der Waals surface area contributed by atoms with Crippen molar-refractivity contribution in [2.24, 2.45) is 0 Å². The molecule has 1 saturated heterocycles. The molecule has 9 heteroatoms. The predicted octanol–water partition coefficient (Wildman–Crippen LogP) is 3.54. The van der Waals surface area contributed by atoms with Crippen LogP contribution in [-0.4, -0.2) is 46.8 Å². The van der Waals surface area contributed by atoms with Gasteiger partial charge in [-0.3, -0.25) is 4.79 Å². The first-order chi connectivity index (χ1) is 13.0. The molecule has 1 aromatic carbocycles. The fraction of sp³-hybridized carbons (Fsp3) is 0.278. The minimum atomic E-state index is -0.283. The van der Waals surface area contributed by atoms with Gasteiger partial charge in [-0.15, -0.1) is 0 Å². The Bertz CT molecular complexity index is 1020. The Kier molecular flexibility index (Phi) is 5.03. The third kappa shape index (κ3) is 3.65. The molecule has 1 aliphatic heterocycles. The van der Waals surface area contributed by atoms with Crippen LogP contribution in [0.4, 0.5) is 11.4 Å². The lowest BCUT2D eigenvalue weighted by atomic mass is 10.1. The number of ether oxygens (including phenoxy) is 1. The van der Waals surface area contributed by atoms with Crippen molar-refractivity contribution in [2.75, 3.05) is 36.5 Å². The molecule has 2 aromatic heterocycles. The zero-order valence-electron chi connectivity index (χ0n) is 14.6. The number of nitrogens with one attached hydrogen (secondary N) is 1. The van der Waals surface area contributed by atoms with Crippen LogP contribution >= 0.6 is 27.5 Å². The average Bonchev–Trinajstić information content (AvgIpc) is 3.08. The quantitative estimate of drug-likeness (QED) is 0.618. The van der Waals surface area contributed by atoms with E-state index in [9.17, 15) is 4.79 Å². The van der Waals surface area contributed by atoms with Crippen LogP contribution in [0.3, 0.4) is 0 Å². The Labute approximate surface area is 169 Å². The normalized spacial score (nSPS) is 14.6. The van der Waals surface area contributed by atoms with E-state index >= 15 is 0 Å². The molecule has 0 bridgehead atoms. The summed E-state index contributed by atoms with van der Waals surface area (Å²) >= 11 is 9.57. The molecule has 0 atom stereocenters. The summed E-state index contributed by atoms with van der Waals surface area (Å²) in [5, 5.41) is 7.40. The SMILES string of the molecule is Cc1cc(N2CCOCC2)c(Br)cc1NC(=O)c1cnn2ccc(Cl)nc12. The number of carbonyl (C=O) groups is 1. The summed E-state index contributed by atoms with van der Waals surface area (Å²) in [4.78, 5) is 19.2. The summed E-state index contributed by atoms with van der Waals surface area (Å²) in [5.41, 5.74) is 3.57. The minimum Gasteiger partial charge on any atom is -0.378 e. The molecule has 7 nitrogen and oxygen atoms in total. The van der Waals surface area contributed by atoms with E-state index in [4.69, 9.17) is 16.3 Å². The highest BCUT2D eigenvalue weighted by molar-refractivity contribution is 9.10. The lowest BCUT2D eigenvalue weighted by Gasteiger charge is -2.30. The number of rotatable bonds is 3. The largest absolute Gasteiger partial charge is 0.378 e. The van der Waals surface area contributed by atoms with Gasteiger partial charge in [-0.05, 0) is 46.6 Å². The van der Waals surface area contributed by atoms with E-state index in [1.54, 1.807) is 12.3 Å². The smallest absolute Gasteiger partial charge is 0.261 e. The first kappa shape index (κ1) is 18.2. The molecule has 0 aliphatic carbocycles. The minimum absolute atomic E-state index is 0.283. The average molecular weight is 451 g/mol. The van der Waals surface area contributed by atoms with Crippen molar-refractivity contribution in [2.45, 2.75) is 6.92 Å². The number of morpholine rings is 1. The first-order valence-corrected chi connectivity index (χ1v) is 9.64. The molecular formula is C18H17BrClN5O2. The summed E-state index contributed by atoms with van der Waals surface area (Å²) in [5.74, 6) is -0.283. The second kappa shape index (κ2) is 7.46. The lowest BCUT2D eigenvalue weighted by Crippen LogP contribution is -2.36. The van der Waals surface area contributed by atoms with Gasteiger partial charge in [0.15, 0.2) is 5.65 Å². The molecule has 1 N–H and O–H groups in total.